The standard InChI is InChI=1S/C21H24N6O/c1-25-11-16(10-22-25)14-3-6-20-15(7-14)8-17(23-24-20)9-21(28)27-12-18-4-5-19(13-27)26(18)2/h3,6-8,10-11,18-19H,4-5,9,12-13H2,1-2H3. The molecule has 28 heavy (non-hydrogen) atoms. The predicted molar refractivity (Wildman–Crippen MR) is 107 cm³/mol. The molecular weight excluding hydrogens is 352 g/mol. The molecule has 0 N–H and O–H groups in total. The number of fused-ring (bicyclic) bond motifs is 3. The smallest absolute Gasteiger partial charge is 0.228 e. The van der Waals surface area contributed by atoms with E-state index in [1.165, 1.54) is 12.8 Å². The van der Waals surface area contributed by atoms with Gasteiger partial charge < -0.3 is 4.90 Å². The van der Waals surface area contributed by atoms with Gasteiger partial charge in [0, 0.05) is 49.4 Å². The number of likely N-dealkylation sites (tertiary alicyclic amines) is 1. The Morgan fingerprint density at radius 1 is 1.07 bits per heavy atom. The molecule has 2 aliphatic rings. The summed E-state index contributed by atoms with van der Waals surface area (Å²) in [7, 11) is 4.09. The zero-order valence-electron chi connectivity index (χ0n) is 16.2. The Balaban J connectivity index is 1.36. The normalized spacial score (nSPS) is 22.1. The molecule has 144 valence electrons. The van der Waals surface area contributed by atoms with E-state index in [1.54, 1.807) is 4.68 Å². The lowest BCUT2D eigenvalue weighted by Crippen LogP contribution is -2.54. The van der Waals surface area contributed by atoms with Crippen molar-refractivity contribution in [2.24, 2.45) is 7.05 Å². The molecule has 0 spiro atoms. The second kappa shape index (κ2) is 6.67. The summed E-state index contributed by atoms with van der Waals surface area (Å²) in [6.07, 6.45) is 6.53. The van der Waals surface area contributed by atoms with Crippen LogP contribution in [0.5, 0.6) is 0 Å². The van der Waals surface area contributed by atoms with Crippen molar-refractivity contribution in [3.63, 3.8) is 0 Å². The molecule has 2 bridgehead atoms. The molecule has 2 fully saturated rings. The monoisotopic (exact) mass is 376 g/mol. The van der Waals surface area contributed by atoms with Crippen LogP contribution in [-0.4, -0.2) is 67.9 Å². The molecule has 7 nitrogen and oxygen atoms in total. The Labute approximate surface area is 164 Å². The summed E-state index contributed by atoms with van der Waals surface area (Å²) in [6, 6.07) is 9.09. The lowest BCUT2D eigenvalue weighted by Gasteiger charge is -2.38. The van der Waals surface area contributed by atoms with Gasteiger partial charge in [-0.15, -0.1) is 0 Å². The van der Waals surface area contributed by atoms with E-state index < -0.39 is 0 Å². The first kappa shape index (κ1) is 17.3. The zero-order valence-corrected chi connectivity index (χ0v) is 16.2. The third-order valence-corrected chi connectivity index (χ3v) is 6.21. The van der Waals surface area contributed by atoms with Crippen molar-refractivity contribution in [2.75, 3.05) is 20.1 Å². The van der Waals surface area contributed by atoms with Crippen LogP contribution in [0.25, 0.3) is 22.0 Å². The van der Waals surface area contributed by atoms with Gasteiger partial charge in [-0.25, -0.2) is 0 Å². The molecule has 2 aromatic heterocycles. The number of aryl methyl sites for hydroxylation is 1. The summed E-state index contributed by atoms with van der Waals surface area (Å²) in [5, 5.41) is 13.9. The molecule has 1 amide bonds. The number of rotatable bonds is 3. The molecule has 2 unspecified atom stereocenters. The minimum Gasteiger partial charge on any atom is -0.339 e. The Kier molecular flexibility index (Phi) is 4.12. The number of aromatic nitrogens is 4. The summed E-state index contributed by atoms with van der Waals surface area (Å²) in [4.78, 5) is 17.3. The van der Waals surface area contributed by atoms with Crippen LogP contribution >= 0.6 is 0 Å². The molecule has 0 radical (unpaired) electrons. The molecule has 2 aliphatic heterocycles. The van der Waals surface area contributed by atoms with Gasteiger partial charge in [-0.05, 0) is 43.7 Å². The van der Waals surface area contributed by atoms with Crippen LogP contribution < -0.4 is 0 Å². The van der Waals surface area contributed by atoms with E-state index in [9.17, 15) is 4.79 Å². The molecule has 2 saturated heterocycles. The highest BCUT2D eigenvalue weighted by Crippen LogP contribution is 2.29. The molecule has 2 atom stereocenters. The van der Waals surface area contributed by atoms with Gasteiger partial charge in [0.05, 0.1) is 23.8 Å². The van der Waals surface area contributed by atoms with Crippen molar-refractivity contribution in [3.05, 3.63) is 42.4 Å². The minimum atomic E-state index is 0.155. The molecule has 4 heterocycles. The highest BCUT2D eigenvalue weighted by Gasteiger charge is 2.38. The highest BCUT2D eigenvalue weighted by molar-refractivity contribution is 5.85. The lowest BCUT2D eigenvalue weighted by atomic mass is 10.1. The van der Waals surface area contributed by atoms with E-state index in [0.717, 1.165) is 40.8 Å². The van der Waals surface area contributed by atoms with Crippen LogP contribution in [0.4, 0.5) is 0 Å². The average molecular weight is 376 g/mol. The van der Waals surface area contributed by atoms with E-state index in [4.69, 9.17) is 0 Å². The minimum absolute atomic E-state index is 0.155. The van der Waals surface area contributed by atoms with Gasteiger partial charge >= 0.3 is 0 Å². The molecule has 5 rings (SSSR count). The van der Waals surface area contributed by atoms with Gasteiger partial charge in [-0.3, -0.25) is 14.4 Å². The van der Waals surface area contributed by atoms with Crippen LogP contribution in [0.3, 0.4) is 0 Å². The molecule has 0 aliphatic carbocycles. The van der Waals surface area contributed by atoms with E-state index in [1.807, 2.05) is 42.5 Å². The van der Waals surface area contributed by atoms with Crippen molar-refractivity contribution in [1.82, 2.24) is 29.8 Å². The molecule has 0 saturated carbocycles. The molecule has 1 aromatic carbocycles. The maximum Gasteiger partial charge on any atom is 0.228 e. The number of nitrogens with zero attached hydrogens (tertiary/aromatic N) is 6. The number of piperazine rings is 1. The Hall–Kier alpha value is -2.80. The fourth-order valence-corrected chi connectivity index (χ4v) is 4.51. The Morgan fingerprint density at radius 3 is 2.57 bits per heavy atom. The lowest BCUT2D eigenvalue weighted by molar-refractivity contribution is -0.133. The second-order valence-corrected chi connectivity index (χ2v) is 8.04. The van der Waals surface area contributed by atoms with Crippen LogP contribution in [0, 0.1) is 0 Å². The first-order valence-corrected chi connectivity index (χ1v) is 9.82. The first-order chi connectivity index (χ1) is 13.6. The van der Waals surface area contributed by atoms with Crippen LogP contribution in [-0.2, 0) is 18.3 Å². The number of hydrogen-bond acceptors (Lipinski definition) is 5. The predicted octanol–water partition coefficient (Wildman–Crippen LogP) is 1.88. The fraction of sp³-hybridized carbons (Fsp3) is 0.429. The number of carbonyl (C=O) groups excluding carboxylic acids is 1. The summed E-state index contributed by atoms with van der Waals surface area (Å²) in [5.74, 6) is 0.155. The van der Waals surface area contributed by atoms with Crippen molar-refractivity contribution < 1.29 is 4.79 Å². The molecule has 7 heteroatoms. The maximum atomic E-state index is 12.8. The van der Waals surface area contributed by atoms with E-state index in [-0.39, 0.29) is 5.91 Å². The van der Waals surface area contributed by atoms with Gasteiger partial charge in [0.15, 0.2) is 0 Å². The highest BCUT2D eigenvalue weighted by atomic mass is 16.2. The Morgan fingerprint density at radius 2 is 1.86 bits per heavy atom. The van der Waals surface area contributed by atoms with Crippen LogP contribution in [0.1, 0.15) is 18.5 Å². The second-order valence-electron chi connectivity index (χ2n) is 8.04. The van der Waals surface area contributed by atoms with Gasteiger partial charge in [-0.1, -0.05) is 6.07 Å². The number of hydrogen-bond donors (Lipinski definition) is 0. The molecule has 3 aromatic rings. The maximum absolute atomic E-state index is 12.8. The van der Waals surface area contributed by atoms with E-state index in [2.05, 4.69) is 33.3 Å². The van der Waals surface area contributed by atoms with Crippen molar-refractivity contribution in [1.29, 1.82) is 0 Å². The summed E-state index contributed by atoms with van der Waals surface area (Å²) >= 11 is 0. The largest absolute Gasteiger partial charge is 0.339 e. The zero-order chi connectivity index (χ0) is 19.3. The number of amides is 1. The van der Waals surface area contributed by atoms with Gasteiger partial charge in [-0.2, -0.15) is 15.3 Å². The van der Waals surface area contributed by atoms with E-state index >= 15 is 0 Å². The number of likely N-dealkylation sites (N-methyl/N-ethyl adjacent to an activating group) is 1. The van der Waals surface area contributed by atoms with Crippen molar-refractivity contribution in [2.45, 2.75) is 31.3 Å². The van der Waals surface area contributed by atoms with Crippen LogP contribution in [0.2, 0.25) is 0 Å². The number of carbonyl (C=O) groups is 1. The molecular formula is C21H24N6O. The van der Waals surface area contributed by atoms with Gasteiger partial charge in [0.2, 0.25) is 5.91 Å². The Bertz CT molecular complexity index is 1030. The number of benzene rings is 1. The van der Waals surface area contributed by atoms with Gasteiger partial charge in [0.25, 0.3) is 0 Å². The SMILES string of the molecule is CN1C2CCC1CN(C(=O)Cc1cc3cc(-c4cnn(C)c4)ccc3nn1)C2. The third-order valence-electron chi connectivity index (χ3n) is 6.21. The first-order valence-electron chi connectivity index (χ1n) is 9.82. The van der Waals surface area contributed by atoms with Gasteiger partial charge in [0.1, 0.15) is 0 Å². The quantitative estimate of drug-likeness (QED) is 0.698. The summed E-state index contributed by atoms with van der Waals surface area (Å²) in [5.41, 5.74) is 3.71. The van der Waals surface area contributed by atoms with Crippen LogP contribution in [0.15, 0.2) is 36.7 Å². The average Bonchev–Trinajstić information content (AvgIpc) is 3.19. The summed E-state index contributed by atoms with van der Waals surface area (Å²) < 4.78 is 1.79. The van der Waals surface area contributed by atoms with Crippen molar-refractivity contribution >= 4 is 16.8 Å². The van der Waals surface area contributed by atoms with E-state index in [0.29, 0.717) is 18.5 Å². The van der Waals surface area contributed by atoms with Crippen molar-refractivity contribution in [3.8, 4) is 11.1 Å². The summed E-state index contributed by atoms with van der Waals surface area (Å²) in [6.45, 7) is 1.66. The topological polar surface area (TPSA) is 67.2 Å². The third kappa shape index (κ3) is 3.05. The fourth-order valence-electron chi connectivity index (χ4n) is 4.51.